The molecule has 2 rings (SSSR count). The molecule has 1 fully saturated rings. The van der Waals surface area contributed by atoms with Gasteiger partial charge in [0.25, 0.3) is 0 Å². The zero-order chi connectivity index (χ0) is 10.5. The van der Waals surface area contributed by atoms with E-state index < -0.39 is 0 Å². The first kappa shape index (κ1) is 10.3. The van der Waals surface area contributed by atoms with Crippen LogP contribution in [0.5, 0.6) is 6.01 Å². The van der Waals surface area contributed by atoms with E-state index in [1.54, 1.807) is 12.3 Å². The fourth-order valence-corrected chi connectivity index (χ4v) is 1.47. The highest BCUT2D eigenvalue weighted by Crippen LogP contribution is 2.13. The van der Waals surface area contributed by atoms with Crippen LogP contribution >= 0.6 is 0 Å². The monoisotopic (exact) mass is 209 g/mol. The number of aromatic nitrogens is 2. The molecule has 1 aliphatic heterocycles. The Hall–Kier alpha value is -1.20. The smallest absolute Gasteiger partial charge is 0.316 e. The average Bonchev–Trinajstić information content (AvgIpc) is 2.79. The van der Waals surface area contributed by atoms with Crippen molar-refractivity contribution in [2.45, 2.75) is 13.0 Å². The maximum atomic E-state index is 5.47. The molecule has 1 aromatic heterocycles. The Labute approximate surface area is 88.6 Å². The van der Waals surface area contributed by atoms with E-state index in [0.717, 1.165) is 25.3 Å². The zero-order valence-corrected chi connectivity index (χ0v) is 8.56. The summed E-state index contributed by atoms with van der Waals surface area (Å²) in [5, 5.41) is 0. The molecule has 1 aromatic rings. The maximum Gasteiger partial charge on any atom is 0.316 e. The molecule has 82 valence electrons. The van der Waals surface area contributed by atoms with Gasteiger partial charge in [-0.1, -0.05) is 0 Å². The normalized spacial score (nSPS) is 20.5. The van der Waals surface area contributed by atoms with Crippen LogP contribution < -0.4 is 10.5 Å². The van der Waals surface area contributed by atoms with Crippen LogP contribution in [0.25, 0.3) is 0 Å². The molecular weight excluding hydrogens is 194 g/mol. The fraction of sp³-hybridized carbons (Fsp3) is 0.600. The molecule has 1 unspecified atom stereocenters. The second-order valence-electron chi connectivity index (χ2n) is 3.58. The molecule has 0 bridgehead atoms. The number of hydrogen-bond acceptors (Lipinski definition) is 5. The van der Waals surface area contributed by atoms with Gasteiger partial charge in [0.1, 0.15) is 0 Å². The molecule has 0 aromatic carbocycles. The molecule has 5 nitrogen and oxygen atoms in total. The minimum Gasteiger partial charge on any atom is -0.463 e. The van der Waals surface area contributed by atoms with Crippen LogP contribution in [0.4, 0.5) is 0 Å². The lowest BCUT2D eigenvalue weighted by atomic mass is 10.1. The van der Waals surface area contributed by atoms with Crippen molar-refractivity contribution in [2.24, 2.45) is 11.7 Å². The van der Waals surface area contributed by atoms with Gasteiger partial charge < -0.3 is 15.2 Å². The second-order valence-corrected chi connectivity index (χ2v) is 3.58. The first-order valence-corrected chi connectivity index (χ1v) is 5.11. The molecule has 0 amide bonds. The van der Waals surface area contributed by atoms with E-state index in [-0.39, 0.29) is 0 Å². The van der Waals surface area contributed by atoms with Gasteiger partial charge in [-0.05, 0) is 12.5 Å². The van der Waals surface area contributed by atoms with Gasteiger partial charge in [0.2, 0.25) is 0 Å². The van der Waals surface area contributed by atoms with Crippen molar-refractivity contribution in [2.75, 3.05) is 19.8 Å². The van der Waals surface area contributed by atoms with Gasteiger partial charge in [-0.2, -0.15) is 4.98 Å². The lowest BCUT2D eigenvalue weighted by molar-refractivity contribution is 0.163. The fourth-order valence-electron chi connectivity index (χ4n) is 1.47. The quantitative estimate of drug-likeness (QED) is 0.774. The molecule has 5 heteroatoms. The SMILES string of the molecule is NCc1ccnc(OCC2CCOC2)n1. The third kappa shape index (κ3) is 2.87. The van der Waals surface area contributed by atoms with Gasteiger partial charge >= 0.3 is 6.01 Å². The van der Waals surface area contributed by atoms with Crippen molar-refractivity contribution in [3.05, 3.63) is 18.0 Å². The highest BCUT2D eigenvalue weighted by molar-refractivity contribution is 5.04. The highest BCUT2D eigenvalue weighted by Gasteiger charge is 2.16. The van der Waals surface area contributed by atoms with E-state index in [9.17, 15) is 0 Å². The summed E-state index contributed by atoms with van der Waals surface area (Å²) < 4.78 is 10.7. The Kier molecular flexibility index (Phi) is 3.47. The zero-order valence-electron chi connectivity index (χ0n) is 8.56. The number of nitrogens with two attached hydrogens (primary N) is 1. The minimum absolute atomic E-state index is 0.407. The first-order valence-electron chi connectivity index (χ1n) is 5.11. The highest BCUT2D eigenvalue weighted by atomic mass is 16.5. The van der Waals surface area contributed by atoms with Crippen molar-refractivity contribution in [3.63, 3.8) is 0 Å². The average molecular weight is 209 g/mol. The van der Waals surface area contributed by atoms with Gasteiger partial charge in [0, 0.05) is 25.3 Å². The number of nitrogens with zero attached hydrogens (tertiary/aromatic N) is 2. The van der Waals surface area contributed by atoms with Crippen molar-refractivity contribution < 1.29 is 9.47 Å². The van der Waals surface area contributed by atoms with Crippen LogP contribution in [-0.2, 0) is 11.3 Å². The molecule has 2 N–H and O–H groups in total. The van der Waals surface area contributed by atoms with Crippen LogP contribution in [0, 0.1) is 5.92 Å². The molecule has 0 spiro atoms. The standard InChI is InChI=1S/C10H15N3O2/c11-5-9-1-3-12-10(13-9)15-7-8-2-4-14-6-8/h1,3,8H,2,4-7,11H2. The van der Waals surface area contributed by atoms with E-state index in [4.69, 9.17) is 15.2 Å². The topological polar surface area (TPSA) is 70.3 Å². The van der Waals surface area contributed by atoms with E-state index in [1.807, 2.05) is 0 Å². The summed E-state index contributed by atoms with van der Waals surface area (Å²) >= 11 is 0. The summed E-state index contributed by atoms with van der Waals surface area (Å²) in [6.07, 6.45) is 2.71. The van der Waals surface area contributed by atoms with Gasteiger partial charge in [0.05, 0.1) is 18.9 Å². The van der Waals surface area contributed by atoms with E-state index >= 15 is 0 Å². The largest absolute Gasteiger partial charge is 0.463 e. The van der Waals surface area contributed by atoms with Crippen LogP contribution in [0.3, 0.4) is 0 Å². The lowest BCUT2D eigenvalue weighted by Gasteiger charge is -2.08. The van der Waals surface area contributed by atoms with E-state index in [2.05, 4.69) is 9.97 Å². The number of rotatable bonds is 4. The Bertz CT molecular complexity index is 313. The third-order valence-electron chi connectivity index (χ3n) is 2.37. The Morgan fingerprint density at radius 3 is 3.27 bits per heavy atom. The van der Waals surface area contributed by atoms with Crippen molar-refractivity contribution >= 4 is 0 Å². The molecule has 1 aliphatic rings. The summed E-state index contributed by atoms with van der Waals surface area (Å²) in [6, 6.07) is 2.19. The summed E-state index contributed by atoms with van der Waals surface area (Å²) in [6.45, 7) is 2.63. The van der Waals surface area contributed by atoms with E-state index in [1.165, 1.54) is 0 Å². The van der Waals surface area contributed by atoms with Gasteiger partial charge in [-0.25, -0.2) is 4.98 Å². The molecule has 0 aliphatic carbocycles. The molecule has 1 saturated heterocycles. The number of ether oxygens (including phenoxy) is 2. The molecule has 15 heavy (non-hydrogen) atoms. The van der Waals surface area contributed by atoms with Crippen LogP contribution in [-0.4, -0.2) is 29.8 Å². The summed E-state index contributed by atoms with van der Waals surface area (Å²) in [5.74, 6) is 0.468. The predicted octanol–water partition coefficient (Wildman–Crippen LogP) is 0.351. The molecule has 1 atom stereocenters. The Morgan fingerprint density at radius 1 is 1.60 bits per heavy atom. The lowest BCUT2D eigenvalue weighted by Crippen LogP contribution is -2.13. The summed E-state index contributed by atoms with van der Waals surface area (Å²) in [4.78, 5) is 8.17. The third-order valence-corrected chi connectivity index (χ3v) is 2.37. The summed E-state index contributed by atoms with van der Waals surface area (Å²) in [7, 11) is 0. The molecule has 0 radical (unpaired) electrons. The Morgan fingerprint density at radius 2 is 2.53 bits per heavy atom. The van der Waals surface area contributed by atoms with Crippen molar-refractivity contribution in [3.8, 4) is 6.01 Å². The molecular formula is C10H15N3O2. The van der Waals surface area contributed by atoms with Crippen molar-refractivity contribution in [1.82, 2.24) is 9.97 Å². The van der Waals surface area contributed by atoms with E-state index in [0.29, 0.717) is 25.1 Å². The number of hydrogen-bond donors (Lipinski definition) is 1. The predicted molar refractivity (Wildman–Crippen MR) is 54.3 cm³/mol. The van der Waals surface area contributed by atoms with Gasteiger partial charge in [0.15, 0.2) is 0 Å². The Balaban J connectivity index is 1.86. The molecule has 2 heterocycles. The van der Waals surface area contributed by atoms with Gasteiger partial charge in [-0.3, -0.25) is 0 Å². The molecule has 0 saturated carbocycles. The first-order chi connectivity index (χ1) is 7.38. The van der Waals surface area contributed by atoms with Crippen LogP contribution in [0.2, 0.25) is 0 Å². The van der Waals surface area contributed by atoms with Crippen LogP contribution in [0.1, 0.15) is 12.1 Å². The second kappa shape index (κ2) is 5.04. The van der Waals surface area contributed by atoms with Crippen molar-refractivity contribution in [1.29, 1.82) is 0 Å². The minimum atomic E-state index is 0.407. The summed E-state index contributed by atoms with van der Waals surface area (Å²) in [5.41, 5.74) is 6.27. The van der Waals surface area contributed by atoms with Gasteiger partial charge in [-0.15, -0.1) is 0 Å². The van der Waals surface area contributed by atoms with Crippen LogP contribution in [0.15, 0.2) is 12.3 Å². The maximum absolute atomic E-state index is 5.47.